The summed E-state index contributed by atoms with van der Waals surface area (Å²) in [5, 5.41) is 11.8. The Hall–Kier alpha value is -1.11. The number of carboxylic acids is 1. The highest BCUT2D eigenvalue weighted by atomic mass is 32.2. The fraction of sp³-hybridized carbons (Fsp3) is 0.857. The molecule has 2 aliphatic rings. The Kier molecular flexibility index (Phi) is 4.33. The Morgan fingerprint density at radius 2 is 1.90 bits per heavy atom. The minimum absolute atomic E-state index is 0.132. The molecular weight excluding hydrogens is 294 g/mol. The van der Waals surface area contributed by atoms with Crippen molar-refractivity contribution in [3.05, 3.63) is 0 Å². The van der Waals surface area contributed by atoms with Gasteiger partial charge in [-0.15, -0.1) is 0 Å². The van der Waals surface area contributed by atoms with Crippen LogP contribution in [-0.4, -0.2) is 42.9 Å². The fourth-order valence-corrected chi connectivity index (χ4v) is 4.79. The third-order valence-electron chi connectivity index (χ3n) is 5.10. The average Bonchev–Trinajstić information content (AvgIpc) is 3.13. The molecule has 2 fully saturated rings. The van der Waals surface area contributed by atoms with Gasteiger partial charge in [0.15, 0.2) is 0 Å². The molecule has 0 radical (unpaired) electrons. The first kappa shape index (κ1) is 16.3. The van der Waals surface area contributed by atoms with Gasteiger partial charge in [0.25, 0.3) is 0 Å². The van der Waals surface area contributed by atoms with Crippen LogP contribution in [0, 0.1) is 17.3 Å². The van der Waals surface area contributed by atoms with E-state index >= 15 is 0 Å². The lowest BCUT2D eigenvalue weighted by molar-refractivity contribution is -0.143. The first-order valence-corrected chi connectivity index (χ1v) is 9.26. The van der Waals surface area contributed by atoms with Gasteiger partial charge in [-0.3, -0.25) is 4.79 Å². The second kappa shape index (κ2) is 5.59. The van der Waals surface area contributed by atoms with E-state index < -0.39 is 21.8 Å². The molecule has 1 aliphatic heterocycles. The van der Waals surface area contributed by atoms with Crippen LogP contribution in [0.5, 0.6) is 0 Å². The van der Waals surface area contributed by atoms with Crippen molar-refractivity contribution in [2.24, 2.45) is 17.3 Å². The van der Waals surface area contributed by atoms with Crippen LogP contribution in [0.2, 0.25) is 0 Å². The quantitative estimate of drug-likeness (QED) is 0.782. The zero-order chi connectivity index (χ0) is 15.8. The summed E-state index contributed by atoms with van der Waals surface area (Å²) in [5.74, 6) is -1.32. The van der Waals surface area contributed by atoms with E-state index in [9.17, 15) is 23.1 Å². The van der Waals surface area contributed by atoms with Gasteiger partial charge < -0.3 is 10.4 Å². The van der Waals surface area contributed by atoms with Crippen molar-refractivity contribution in [3.63, 3.8) is 0 Å². The highest BCUT2D eigenvalue weighted by Gasteiger charge is 2.59. The molecule has 1 amide bonds. The van der Waals surface area contributed by atoms with E-state index in [2.05, 4.69) is 5.32 Å². The summed E-state index contributed by atoms with van der Waals surface area (Å²) in [6.45, 7) is 3.69. The SMILES string of the molecule is CC[C@H](C)[C@H](NC(=O)C1CC12CCS(=O)(=O)CC2)C(=O)O. The fourth-order valence-electron chi connectivity index (χ4n) is 3.15. The molecule has 1 unspecified atom stereocenters. The molecule has 1 spiro atoms. The van der Waals surface area contributed by atoms with Crippen LogP contribution in [-0.2, 0) is 19.4 Å². The Morgan fingerprint density at radius 1 is 1.33 bits per heavy atom. The molecule has 6 nitrogen and oxygen atoms in total. The highest BCUT2D eigenvalue weighted by Crippen LogP contribution is 2.59. The number of aliphatic carboxylic acids is 1. The van der Waals surface area contributed by atoms with Crippen LogP contribution < -0.4 is 5.32 Å². The summed E-state index contributed by atoms with van der Waals surface area (Å²) in [5.41, 5.74) is -0.200. The molecule has 3 atom stereocenters. The molecule has 1 heterocycles. The van der Waals surface area contributed by atoms with Gasteiger partial charge in [-0.2, -0.15) is 0 Å². The van der Waals surface area contributed by atoms with Crippen LogP contribution in [0.25, 0.3) is 0 Å². The summed E-state index contributed by atoms with van der Waals surface area (Å²) in [7, 11) is -2.94. The van der Waals surface area contributed by atoms with Crippen LogP contribution in [0.15, 0.2) is 0 Å². The second-order valence-corrected chi connectivity index (χ2v) is 8.78. The number of carbonyl (C=O) groups excluding carboxylic acids is 1. The van der Waals surface area contributed by atoms with Gasteiger partial charge in [0.1, 0.15) is 15.9 Å². The number of hydrogen-bond acceptors (Lipinski definition) is 4. The Labute approximate surface area is 125 Å². The Morgan fingerprint density at radius 3 is 2.38 bits per heavy atom. The third-order valence-corrected chi connectivity index (χ3v) is 6.76. The van der Waals surface area contributed by atoms with Gasteiger partial charge in [0.05, 0.1) is 11.5 Å². The predicted octanol–water partition coefficient (Wildman–Crippen LogP) is 0.817. The minimum atomic E-state index is -2.94. The molecule has 7 heteroatoms. The van der Waals surface area contributed by atoms with E-state index in [1.165, 1.54) is 0 Å². The predicted molar refractivity (Wildman–Crippen MR) is 77.4 cm³/mol. The molecule has 1 saturated heterocycles. The van der Waals surface area contributed by atoms with E-state index in [1.54, 1.807) is 6.92 Å². The lowest BCUT2D eigenvalue weighted by Crippen LogP contribution is -2.46. The Balaban J connectivity index is 1.95. The van der Waals surface area contributed by atoms with Crippen molar-refractivity contribution in [1.82, 2.24) is 5.32 Å². The van der Waals surface area contributed by atoms with Crippen molar-refractivity contribution in [2.75, 3.05) is 11.5 Å². The molecule has 0 aromatic heterocycles. The molecule has 0 aromatic rings. The van der Waals surface area contributed by atoms with E-state index in [1.807, 2.05) is 6.92 Å². The first-order chi connectivity index (χ1) is 9.71. The number of carbonyl (C=O) groups is 2. The number of carboxylic acid groups (broad SMARTS) is 1. The normalized spacial score (nSPS) is 28.6. The number of hydrogen-bond donors (Lipinski definition) is 2. The molecule has 1 saturated carbocycles. The standard InChI is InChI=1S/C14H23NO5S/c1-3-9(2)11(13(17)18)15-12(16)10-8-14(10)4-6-21(19,20)7-5-14/h9-11H,3-8H2,1-2H3,(H,15,16)(H,17,18)/t9-,10?,11-/m0/s1. The third kappa shape index (κ3) is 3.39. The number of amides is 1. The second-order valence-electron chi connectivity index (χ2n) is 6.48. The van der Waals surface area contributed by atoms with E-state index in [0.29, 0.717) is 25.7 Å². The molecule has 2 N–H and O–H groups in total. The maximum atomic E-state index is 12.3. The van der Waals surface area contributed by atoms with Crippen molar-refractivity contribution in [2.45, 2.75) is 45.6 Å². The highest BCUT2D eigenvalue weighted by molar-refractivity contribution is 7.91. The van der Waals surface area contributed by atoms with E-state index in [0.717, 1.165) is 0 Å². The van der Waals surface area contributed by atoms with Crippen LogP contribution >= 0.6 is 0 Å². The zero-order valence-electron chi connectivity index (χ0n) is 12.5. The van der Waals surface area contributed by atoms with Gasteiger partial charge >= 0.3 is 5.97 Å². The largest absolute Gasteiger partial charge is 0.480 e. The molecule has 120 valence electrons. The topological polar surface area (TPSA) is 101 Å². The van der Waals surface area contributed by atoms with Gasteiger partial charge in [0, 0.05) is 5.92 Å². The van der Waals surface area contributed by atoms with Gasteiger partial charge in [0.2, 0.25) is 5.91 Å². The maximum Gasteiger partial charge on any atom is 0.326 e. The monoisotopic (exact) mass is 317 g/mol. The van der Waals surface area contributed by atoms with Gasteiger partial charge in [-0.1, -0.05) is 20.3 Å². The van der Waals surface area contributed by atoms with E-state index in [-0.39, 0.29) is 34.7 Å². The van der Waals surface area contributed by atoms with Crippen molar-refractivity contribution in [3.8, 4) is 0 Å². The number of rotatable bonds is 5. The molecular formula is C14H23NO5S. The molecule has 21 heavy (non-hydrogen) atoms. The Bertz CT molecular complexity index is 528. The van der Waals surface area contributed by atoms with Crippen molar-refractivity contribution in [1.29, 1.82) is 0 Å². The smallest absolute Gasteiger partial charge is 0.326 e. The van der Waals surface area contributed by atoms with Crippen molar-refractivity contribution < 1.29 is 23.1 Å². The summed E-state index contributed by atoms with van der Waals surface area (Å²) < 4.78 is 22.9. The minimum Gasteiger partial charge on any atom is -0.480 e. The summed E-state index contributed by atoms with van der Waals surface area (Å²) in [6.07, 6.45) is 2.40. The maximum absolute atomic E-state index is 12.3. The molecule has 1 aliphatic carbocycles. The molecule has 0 bridgehead atoms. The van der Waals surface area contributed by atoms with Crippen LogP contribution in [0.3, 0.4) is 0 Å². The van der Waals surface area contributed by atoms with E-state index in [4.69, 9.17) is 0 Å². The first-order valence-electron chi connectivity index (χ1n) is 7.44. The van der Waals surface area contributed by atoms with Crippen LogP contribution in [0.4, 0.5) is 0 Å². The van der Waals surface area contributed by atoms with Gasteiger partial charge in [-0.25, -0.2) is 13.2 Å². The van der Waals surface area contributed by atoms with Crippen molar-refractivity contribution >= 4 is 21.7 Å². The molecule has 2 rings (SSSR count). The number of nitrogens with one attached hydrogen (secondary N) is 1. The lowest BCUT2D eigenvalue weighted by atomic mass is 9.95. The zero-order valence-corrected chi connectivity index (χ0v) is 13.3. The number of sulfone groups is 1. The summed E-state index contributed by atoms with van der Waals surface area (Å²) >= 11 is 0. The van der Waals surface area contributed by atoms with Crippen LogP contribution in [0.1, 0.15) is 39.5 Å². The average molecular weight is 317 g/mol. The summed E-state index contributed by atoms with van der Waals surface area (Å²) in [6, 6.07) is -0.868. The molecule has 0 aromatic carbocycles. The lowest BCUT2D eigenvalue weighted by Gasteiger charge is -2.24. The summed E-state index contributed by atoms with van der Waals surface area (Å²) in [4.78, 5) is 23.5. The van der Waals surface area contributed by atoms with Gasteiger partial charge in [-0.05, 0) is 30.6 Å².